The summed E-state index contributed by atoms with van der Waals surface area (Å²) in [6.07, 6.45) is 1.30. The Bertz CT molecular complexity index is 442. The Balaban J connectivity index is 2.60. The van der Waals surface area contributed by atoms with E-state index in [-0.39, 0.29) is 18.4 Å². The van der Waals surface area contributed by atoms with Crippen LogP contribution in [0, 0.1) is 0 Å². The van der Waals surface area contributed by atoms with E-state index in [1.807, 2.05) is 13.8 Å². The summed E-state index contributed by atoms with van der Waals surface area (Å²) in [5, 5.41) is 11.2. The maximum Gasteiger partial charge on any atom is 0.305 e. The van der Waals surface area contributed by atoms with E-state index in [4.69, 9.17) is 9.84 Å². The zero-order chi connectivity index (χ0) is 14.4. The lowest BCUT2D eigenvalue weighted by Gasteiger charge is -2.12. The highest BCUT2D eigenvalue weighted by atomic mass is 16.5. The van der Waals surface area contributed by atoms with Crippen LogP contribution in [0.2, 0.25) is 0 Å². The fraction of sp³-hybridized carbons (Fsp3) is 0.462. The molecule has 104 valence electrons. The highest BCUT2D eigenvalue weighted by Crippen LogP contribution is 2.09. The van der Waals surface area contributed by atoms with Gasteiger partial charge in [-0.1, -0.05) is 0 Å². The molecule has 0 aliphatic rings. The fourth-order valence-electron chi connectivity index (χ4n) is 1.45. The first-order chi connectivity index (χ1) is 8.88. The Hall–Kier alpha value is -2.11. The molecule has 0 radical (unpaired) electrons. The van der Waals surface area contributed by atoms with Crippen molar-refractivity contribution in [2.24, 2.45) is 0 Å². The summed E-state index contributed by atoms with van der Waals surface area (Å²) in [5.41, 5.74) is 0.369. The van der Waals surface area contributed by atoms with Crippen LogP contribution >= 0.6 is 0 Å². The first kappa shape index (κ1) is 14.9. The summed E-state index contributed by atoms with van der Waals surface area (Å²) in [7, 11) is 0. The molecule has 0 bridgehead atoms. The molecule has 0 fully saturated rings. The largest absolute Gasteiger partial charge is 0.481 e. The smallest absolute Gasteiger partial charge is 0.305 e. The third-order valence-electron chi connectivity index (χ3n) is 2.21. The maximum atomic E-state index is 11.8. The zero-order valence-electron chi connectivity index (χ0n) is 11.2. The van der Waals surface area contributed by atoms with Gasteiger partial charge in [0, 0.05) is 18.3 Å². The average Bonchev–Trinajstić information content (AvgIpc) is 2.27. The van der Waals surface area contributed by atoms with Crippen LogP contribution in [0.5, 0.6) is 5.88 Å². The molecule has 0 spiro atoms. The van der Waals surface area contributed by atoms with Crippen LogP contribution in [0.15, 0.2) is 18.3 Å². The minimum Gasteiger partial charge on any atom is -0.481 e. The van der Waals surface area contributed by atoms with E-state index < -0.39 is 12.0 Å². The number of carboxylic acids is 1. The van der Waals surface area contributed by atoms with E-state index in [0.29, 0.717) is 11.4 Å². The Labute approximate surface area is 111 Å². The maximum absolute atomic E-state index is 11.8. The molecule has 1 aromatic rings. The molecule has 0 aromatic carbocycles. The number of rotatable bonds is 6. The Morgan fingerprint density at radius 3 is 2.53 bits per heavy atom. The van der Waals surface area contributed by atoms with E-state index in [1.54, 1.807) is 19.1 Å². The van der Waals surface area contributed by atoms with Crippen LogP contribution in [0.25, 0.3) is 0 Å². The van der Waals surface area contributed by atoms with Gasteiger partial charge in [0.05, 0.1) is 18.1 Å². The number of hydrogen-bond donors (Lipinski definition) is 2. The second-order valence-electron chi connectivity index (χ2n) is 4.52. The van der Waals surface area contributed by atoms with Gasteiger partial charge in [0.2, 0.25) is 5.88 Å². The summed E-state index contributed by atoms with van der Waals surface area (Å²) in [5.74, 6) is -0.853. The fourth-order valence-corrected chi connectivity index (χ4v) is 1.45. The van der Waals surface area contributed by atoms with Crippen molar-refractivity contribution in [1.82, 2.24) is 10.3 Å². The lowest BCUT2D eigenvalue weighted by molar-refractivity contribution is -0.137. The van der Waals surface area contributed by atoms with Gasteiger partial charge in [0.15, 0.2) is 0 Å². The van der Waals surface area contributed by atoms with Gasteiger partial charge in [0.1, 0.15) is 0 Å². The van der Waals surface area contributed by atoms with Crippen molar-refractivity contribution in [3.05, 3.63) is 23.9 Å². The van der Waals surface area contributed by atoms with Crippen LogP contribution in [-0.4, -0.2) is 34.1 Å². The van der Waals surface area contributed by atoms with E-state index in [0.717, 1.165) is 0 Å². The third kappa shape index (κ3) is 5.37. The lowest BCUT2D eigenvalue weighted by Crippen LogP contribution is -2.34. The molecule has 0 aliphatic heterocycles. The van der Waals surface area contributed by atoms with Crippen molar-refractivity contribution in [2.75, 3.05) is 0 Å². The monoisotopic (exact) mass is 266 g/mol. The first-order valence-electron chi connectivity index (χ1n) is 6.04. The van der Waals surface area contributed by atoms with Crippen molar-refractivity contribution < 1.29 is 19.4 Å². The second-order valence-corrected chi connectivity index (χ2v) is 4.52. The second kappa shape index (κ2) is 6.72. The summed E-state index contributed by atoms with van der Waals surface area (Å²) in [6.45, 7) is 5.40. The van der Waals surface area contributed by atoms with Gasteiger partial charge in [-0.25, -0.2) is 4.98 Å². The SMILES string of the molecule is CC(CC(=O)O)NC(=O)c1ccc(OC(C)C)nc1. The van der Waals surface area contributed by atoms with Gasteiger partial charge >= 0.3 is 5.97 Å². The number of pyridine rings is 1. The molecule has 1 amide bonds. The number of carboxylic acid groups (broad SMARTS) is 1. The molecule has 1 atom stereocenters. The van der Waals surface area contributed by atoms with Gasteiger partial charge in [-0.15, -0.1) is 0 Å². The Morgan fingerprint density at radius 2 is 2.05 bits per heavy atom. The van der Waals surface area contributed by atoms with Crippen molar-refractivity contribution >= 4 is 11.9 Å². The molecule has 0 aliphatic carbocycles. The zero-order valence-corrected chi connectivity index (χ0v) is 11.2. The van der Waals surface area contributed by atoms with Crippen molar-refractivity contribution in [1.29, 1.82) is 0 Å². The number of aromatic nitrogens is 1. The molecule has 1 rings (SSSR count). The van der Waals surface area contributed by atoms with Crippen molar-refractivity contribution in [3.63, 3.8) is 0 Å². The predicted molar refractivity (Wildman–Crippen MR) is 69.2 cm³/mol. The highest BCUT2D eigenvalue weighted by molar-refractivity contribution is 5.94. The summed E-state index contributed by atoms with van der Waals surface area (Å²) >= 11 is 0. The van der Waals surface area contributed by atoms with Gasteiger partial charge in [0.25, 0.3) is 5.91 Å². The van der Waals surface area contributed by atoms with Crippen LogP contribution in [0.1, 0.15) is 37.6 Å². The quantitative estimate of drug-likeness (QED) is 0.813. The van der Waals surface area contributed by atoms with Crippen LogP contribution in [0.3, 0.4) is 0 Å². The molecule has 1 aromatic heterocycles. The van der Waals surface area contributed by atoms with Crippen molar-refractivity contribution in [2.45, 2.75) is 39.3 Å². The van der Waals surface area contributed by atoms with Crippen LogP contribution < -0.4 is 10.1 Å². The molecule has 0 saturated heterocycles. The van der Waals surface area contributed by atoms with Crippen molar-refractivity contribution in [3.8, 4) is 5.88 Å². The van der Waals surface area contributed by atoms with Gasteiger partial charge in [-0.3, -0.25) is 9.59 Å². The van der Waals surface area contributed by atoms with E-state index in [2.05, 4.69) is 10.3 Å². The summed E-state index contributed by atoms with van der Waals surface area (Å²) in [6, 6.07) is 2.77. The average molecular weight is 266 g/mol. The number of ether oxygens (including phenoxy) is 1. The van der Waals surface area contributed by atoms with E-state index in [1.165, 1.54) is 6.20 Å². The summed E-state index contributed by atoms with van der Waals surface area (Å²) < 4.78 is 5.36. The van der Waals surface area contributed by atoms with Crippen LogP contribution in [0.4, 0.5) is 0 Å². The molecule has 19 heavy (non-hydrogen) atoms. The number of amides is 1. The number of carbonyl (C=O) groups is 2. The molecule has 6 heteroatoms. The molecule has 2 N–H and O–H groups in total. The Morgan fingerprint density at radius 1 is 1.37 bits per heavy atom. The molecular formula is C13H18N2O4. The van der Waals surface area contributed by atoms with E-state index in [9.17, 15) is 9.59 Å². The van der Waals surface area contributed by atoms with E-state index >= 15 is 0 Å². The Kier molecular flexibility index (Phi) is 5.29. The lowest BCUT2D eigenvalue weighted by atomic mass is 10.2. The standard InChI is InChI=1S/C13H18N2O4/c1-8(2)19-11-5-4-10(7-14-11)13(18)15-9(3)6-12(16)17/h4-5,7-9H,6H2,1-3H3,(H,15,18)(H,16,17). The number of hydrogen-bond acceptors (Lipinski definition) is 4. The van der Waals surface area contributed by atoms with Gasteiger partial charge in [-0.2, -0.15) is 0 Å². The molecular weight excluding hydrogens is 248 g/mol. The molecule has 1 heterocycles. The number of aliphatic carboxylic acids is 1. The molecule has 6 nitrogen and oxygen atoms in total. The highest BCUT2D eigenvalue weighted by Gasteiger charge is 2.13. The molecule has 1 unspecified atom stereocenters. The predicted octanol–water partition coefficient (Wildman–Crippen LogP) is 1.46. The first-order valence-corrected chi connectivity index (χ1v) is 6.04. The van der Waals surface area contributed by atoms with Gasteiger partial charge in [-0.05, 0) is 26.8 Å². The number of nitrogens with one attached hydrogen (secondary N) is 1. The summed E-state index contributed by atoms with van der Waals surface area (Å²) in [4.78, 5) is 26.3. The normalized spacial score (nSPS) is 12.0. The minimum atomic E-state index is -0.952. The van der Waals surface area contributed by atoms with Crippen LogP contribution in [-0.2, 0) is 4.79 Å². The number of carbonyl (C=O) groups excluding carboxylic acids is 1. The topological polar surface area (TPSA) is 88.5 Å². The van der Waals surface area contributed by atoms with Gasteiger partial charge < -0.3 is 15.2 Å². The minimum absolute atomic E-state index is 0.0164. The molecule has 0 saturated carbocycles. The number of nitrogens with zero attached hydrogens (tertiary/aromatic N) is 1. The third-order valence-corrected chi connectivity index (χ3v) is 2.21.